The molecule has 2 rings (SSSR count). The second-order valence-electron chi connectivity index (χ2n) is 4.24. The normalized spacial score (nSPS) is 26.6. The van der Waals surface area contributed by atoms with Crippen molar-refractivity contribution in [1.29, 1.82) is 0 Å². The fourth-order valence-corrected chi connectivity index (χ4v) is 3.06. The molecule has 1 aliphatic heterocycles. The van der Waals surface area contributed by atoms with Crippen molar-refractivity contribution >= 4 is 15.9 Å². The second-order valence-corrected chi connectivity index (χ2v) is 5.93. The van der Waals surface area contributed by atoms with Crippen molar-refractivity contribution in [2.45, 2.75) is 17.5 Å². The van der Waals surface area contributed by atoms with E-state index in [0.29, 0.717) is 11.1 Å². The number of amides is 1. The number of rotatable bonds is 2. The maximum absolute atomic E-state index is 11.6. The minimum atomic E-state index is -3.99. The van der Waals surface area contributed by atoms with Crippen LogP contribution in [0.25, 0.3) is 0 Å². The maximum Gasteiger partial charge on any atom is 0.265 e. The van der Waals surface area contributed by atoms with Gasteiger partial charge < -0.3 is 5.73 Å². The second kappa shape index (κ2) is 4.87. The van der Waals surface area contributed by atoms with Crippen LogP contribution in [0.15, 0.2) is 24.3 Å². The topological polar surface area (TPSA) is 148 Å². The highest BCUT2D eigenvalue weighted by atomic mass is 32.2. The van der Waals surface area contributed by atoms with Gasteiger partial charge in [0, 0.05) is 0 Å². The zero-order valence-electron chi connectivity index (χ0n) is 9.78. The van der Waals surface area contributed by atoms with Crippen LogP contribution in [0.4, 0.5) is 0 Å². The minimum Gasteiger partial charge on any atom is -0.322 e. The molecule has 9 heteroatoms. The first kappa shape index (κ1) is 13.9. The van der Waals surface area contributed by atoms with E-state index in [-0.39, 0.29) is 0 Å². The molecule has 0 saturated carbocycles. The number of hydrogen-bond donors (Lipinski definition) is 5. The Kier molecular flexibility index (Phi) is 3.56. The highest BCUT2D eigenvalue weighted by Gasteiger charge is 2.40. The van der Waals surface area contributed by atoms with E-state index < -0.39 is 33.4 Å². The molecule has 0 spiro atoms. The lowest BCUT2D eigenvalue weighted by atomic mass is 9.91. The third-order valence-corrected chi connectivity index (χ3v) is 4.19. The van der Waals surface area contributed by atoms with Gasteiger partial charge in [0.15, 0.2) is 0 Å². The lowest BCUT2D eigenvalue weighted by Gasteiger charge is -2.35. The number of nitrogens with one attached hydrogen (secondary N) is 2. The molecule has 19 heavy (non-hydrogen) atoms. The number of hydroxylamine groups is 1. The van der Waals surface area contributed by atoms with Crippen molar-refractivity contribution in [3.8, 4) is 0 Å². The molecule has 0 radical (unpaired) electrons. The minimum absolute atomic E-state index is 0.494. The third-order valence-electron chi connectivity index (χ3n) is 3.05. The monoisotopic (exact) mass is 286 g/mol. The van der Waals surface area contributed by atoms with Gasteiger partial charge in [-0.1, -0.05) is 24.3 Å². The zero-order chi connectivity index (χ0) is 14.2. The largest absolute Gasteiger partial charge is 0.322 e. The van der Waals surface area contributed by atoms with Crippen LogP contribution < -0.4 is 21.7 Å². The van der Waals surface area contributed by atoms with Crippen LogP contribution in [0, 0.1) is 0 Å². The molecule has 0 aliphatic carbocycles. The smallest absolute Gasteiger partial charge is 0.265 e. The standard InChI is InChI=1S/C10H14N4O4S/c11-7-5-3-1-2-4-6(5)8(9(15)14-16)13-10(7)19(12,17)18/h1-4,7-8,10,13,16H,11H2,(H,14,15)(H2,12,17,18). The molecule has 1 heterocycles. The molecule has 104 valence electrons. The van der Waals surface area contributed by atoms with E-state index in [0.717, 1.165) is 0 Å². The number of primary sulfonamides is 1. The van der Waals surface area contributed by atoms with Crippen molar-refractivity contribution in [2.75, 3.05) is 0 Å². The molecule has 7 N–H and O–H groups in total. The predicted octanol–water partition coefficient (Wildman–Crippen LogP) is -1.55. The summed E-state index contributed by atoms with van der Waals surface area (Å²) < 4.78 is 23.0. The maximum atomic E-state index is 11.6. The Morgan fingerprint density at radius 1 is 1.32 bits per heavy atom. The summed E-state index contributed by atoms with van der Waals surface area (Å²) >= 11 is 0. The summed E-state index contributed by atoms with van der Waals surface area (Å²) in [6.07, 6.45) is 0. The molecule has 1 aromatic rings. The van der Waals surface area contributed by atoms with E-state index in [4.69, 9.17) is 16.1 Å². The van der Waals surface area contributed by atoms with Crippen LogP contribution in [0.1, 0.15) is 23.2 Å². The van der Waals surface area contributed by atoms with Crippen molar-refractivity contribution < 1.29 is 18.4 Å². The lowest BCUT2D eigenvalue weighted by Crippen LogP contribution is -2.55. The number of fused-ring (bicyclic) bond motifs is 1. The molecular weight excluding hydrogens is 272 g/mol. The summed E-state index contributed by atoms with van der Waals surface area (Å²) in [5.41, 5.74) is 8.34. The van der Waals surface area contributed by atoms with Gasteiger partial charge in [-0.05, 0) is 11.1 Å². The van der Waals surface area contributed by atoms with Gasteiger partial charge in [-0.2, -0.15) is 0 Å². The molecule has 0 saturated heterocycles. The molecular formula is C10H14N4O4S. The van der Waals surface area contributed by atoms with Gasteiger partial charge in [0.1, 0.15) is 11.4 Å². The molecule has 0 bridgehead atoms. The Bertz CT molecular complexity index is 603. The summed E-state index contributed by atoms with van der Waals surface area (Å²) in [7, 11) is -3.99. The Morgan fingerprint density at radius 3 is 2.42 bits per heavy atom. The van der Waals surface area contributed by atoms with E-state index in [1.165, 1.54) is 5.48 Å². The molecule has 1 aromatic carbocycles. The van der Waals surface area contributed by atoms with Gasteiger partial charge in [-0.25, -0.2) is 19.0 Å². The van der Waals surface area contributed by atoms with E-state index in [9.17, 15) is 13.2 Å². The van der Waals surface area contributed by atoms with Crippen molar-refractivity contribution in [3.63, 3.8) is 0 Å². The van der Waals surface area contributed by atoms with E-state index >= 15 is 0 Å². The molecule has 8 nitrogen and oxygen atoms in total. The lowest BCUT2D eigenvalue weighted by molar-refractivity contribution is -0.131. The highest BCUT2D eigenvalue weighted by molar-refractivity contribution is 7.89. The number of benzene rings is 1. The Labute approximate surface area is 109 Å². The van der Waals surface area contributed by atoms with Crippen LogP contribution in [0.3, 0.4) is 0 Å². The molecule has 3 unspecified atom stereocenters. The summed E-state index contributed by atoms with van der Waals surface area (Å²) in [4.78, 5) is 11.6. The van der Waals surface area contributed by atoms with Crippen molar-refractivity contribution in [1.82, 2.24) is 10.8 Å². The first-order valence-electron chi connectivity index (χ1n) is 5.42. The van der Waals surface area contributed by atoms with Crippen LogP contribution in [0.2, 0.25) is 0 Å². The molecule has 1 aliphatic rings. The van der Waals surface area contributed by atoms with Crippen LogP contribution >= 0.6 is 0 Å². The third kappa shape index (κ3) is 2.46. The van der Waals surface area contributed by atoms with Gasteiger partial charge in [0.05, 0.1) is 6.04 Å². The van der Waals surface area contributed by atoms with Gasteiger partial charge in [0.2, 0.25) is 10.0 Å². The fraction of sp³-hybridized carbons (Fsp3) is 0.300. The van der Waals surface area contributed by atoms with Crippen molar-refractivity contribution in [2.24, 2.45) is 10.9 Å². The SMILES string of the molecule is NC1c2ccccc2C(C(=O)NO)NC1S(N)(=O)=O. The summed E-state index contributed by atoms with van der Waals surface area (Å²) in [5.74, 6) is -0.784. The molecule has 0 aromatic heterocycles. The van der Waals surface area contributed by atoms with E-state index in [2.05, 4.69) is 5.32 Å². The van der Waals surface area contributed by atoms with Gasteiger partial charge >= 0.3 is 0 Å². The van der Waals surface area contributed by atoms with Crippen LogP contribution in [-0.4, -0.2) is 24.9 Å². The number of carbonyl (C=O) groups excluding carboxylic acids is 1. The van der Waals surface area contributed by atoms with Crippen molar-refractivity contribution in [3.05, 3.63) is 35.4 Å². The summed E-state index contributed by atoms with van der Waals surface area (Å²) in [5, 5.41) is 15.1. The Balaban J connectivity index is 2.54. The van der Waals surface area contributed by atoms with E-state index in [1.807, 2.05) is 0 Å². The molecule has 1 amide bonds. The highest BCUT2D eigenvalue weighted by Crippen LogP contribution is 2.32. The predicted molar refractivity (Wildman–Crippen MR) is 66.1 cm³/mol. The first-order chi connectivity index (χ1) is 8.86. The first-order valence-corrected chi connectivity index (χ1v) is 7.03. The average molecular weight is 286 g/mol. The van der Waals surface area contributed by atoms with Gasteiger partial charge in [0.25, 0.3) is 5.91 Å². The number of nitrogens with two attached hydrogens (primary N) is 2. The molecule has 3 atom stereocenters. The van der Waals surface area contributed by atoms with E-state index in [1.54, 1.807) is 24.3 Å². The number of sulfonamides is 1. The van der Waals surface area contributed by atoms with Gasteiger partial charge in [-0.15, -0.1) is 0 Å². The Hall–Kier alpha value is -1.52. The average Bonchev–Trinajstić information content (AvgIpc) is 2.37. The number of carbonyl (C=O) groups is 1. The summed E-state index contributed by atoms with van der Waals surface area (Å²) in [6.45, 7) is 0. The quantitative estimate of drug-likeness (QED) is 0.328. The Morgan fingerprint density at radius 2 is 1.89 bits per heavy atom. The van der Waals surface area contributed by atoms with Gasteiger partial charge in [-0.3, -0.25) is 15.3 Å². The molecule has 0 fully saturated rings. The van der Waals surface area contributed by atoms with Crippen LogP contribution in [0.5, 0.6) is 0 Å². The fourth-order valence-electron chi connectivity index (χ4n) is 2.18. The number of hydrogen-bond acceptors (Lipinski definition) is 6. The summed E-state index contributed by atoms with van der Waals surface area (Å²) in [6, 6.07) is 4.68. The van der Waals surface area contributed by atoms with Crippen LogP contribution in [-0.2, 0) is 14.8 Å². The zero-order valence-corrected chi connectivity index (χ0v) is 10.6.